The number of fused-ring (bicyclic) bond motifs is 1. The van der Waals surface area contributed by atoms with E-state index in [2.05, 4.69) is 36.3 Å². The van der Waals surface area contributed by atoms with E-state index in [0.29, 0.717) is 24.5 Å². The molecule has 1 aliphatic heterocycles. The molecule has 0 radical (unpaired) electrons. The highest BCUT2D eigenvalue weighted by Crippen LogP contribution is 2.31. The zero-order chi connectivity index (χ0) is 23.3. The molecule has 4 heterocycles. The molecule has 3 amide bonds. The summed E-state index contributed by atoms with van der Waals surface area (Å²) >= 11 is 1.00. The van der Waals surface area contributed by atoms with Crippen LogP contribution < -0.4 is 10.6 Å². The second-order valence-corrected chi connectivity index (χ2v) is 8.99. The maximum absolute atomic E-state index is 13.1. The summed E-state index contributed by atoms with van der Waals surface area (Å²) in [5, 5.41) is 11.2. The average molecular weight is 476 g/mol. The van der Waals surface area contributed by atoms with Crippen LogP contribution in [0.25, 0.3) is 10.9 Å². The fourth-order valence-electron chi connectivity index (χ4n) is 4.42. The molecule has 34 heavy (non-hydrogen) atoms. The molecule has 0 spiro atoms. The van der Waals surface area contributed by atoms with E-state index in [4.69, 9.17) is 0 Å². The van der Waals surface area contributed by atoms with Gasteiger partial charge < -0.3 is 15.2 Å². The van der Waals surface area contributed by atoms with Crippen molar-refractivity contribution in [2.45, 2.75) is 31.7 Å². The number of urea groups is 1. The predicted molar refractivity (Wildman–Crippen MR) is 131 cm³/mol. The number of likely N-dealkylation sites (tertiary alicyclic amines) is 1. The number of para-hydroxylation sites is 1. The third kappa shape index (κ3) is 4.62. The van der Waals surface area contributed by atoms with E-state index in [1.54, 1.807) is 17.3 Å². The van der Waals surface area contributed by atoms with Crippen molar-refractivity contribution >= 4 is 39.4 Å². The first-order valence-electron chi connectivity index (χ1n) is 11.3. The molecule has 10 heteroatoms. The number of nitrogens with one attached hydrogen (secondary N) is 3. The predicted octanol–water partition coefficient (Wildman–Crippen LogP) is 4.15. The molecule has 1 aliphatic rings. The third-order valence-electron chi connectivity index (χ3n) is 6.11. The summed E-state index contributed by atoms with van der Waals surface area (Å²) in [6.07, 6.45) is 9.03. The Hall–Kier alpha value is -3.79. The minimum Gasteiger partial charge on any atom is -0.361 e. The maximum atomic E-state index is 13.1. The van der Waals surface area contributed by atoms with E-state index in [1.165, 1.54) is 0 Å². The largest absolute Gasteiger partial charge is 0.361 e. The number of pyridine rings is 1. The van der Waals surface area contributed by atoms with Gasteiger partial charge in [-0.2, -0.15) is 0 Å². The Labute approximate surface area is 200 Å². The van der Waals surface area contributed by atoms with Crippen molar-refractivity contribution in [3.8, 4) is 0 Å². The van der Waals surface area contributed by atoms with Crippen molar-refractivity contribution in [2.75, 3.05) is 18.4 Å². The number of carbonyl (C=O) groups excluding carboxylic acids is 2. The zero-order valence-corrected chi connectivity index (χ0v) is 19.3. The van der Waals surface area contributed by atoms with Crippen molar-refractivity contribution in [2.24, 2.45) is 0 Å². The fraction of sp³-hybridized carbons (Fsp3) is 0.292. The molecular weight excluding hydrogens is 450 g/mol. The Kier molecular flexibility index (Phi) is 6.48. The van der Waals surface area contributed by atoms with E-state index >= 15 is 0 Å². The summed E-state index contributed by atoms with van der Waals surface area (Å²) < 4.78 is 3.90. The van der Waals surface area contributed by atoms with E-state index < -0.39 is 0 Å². The lowest BCUT2D eigenvalue weighted by Gasteiger charge is -2.35. The number of aromatic nitrogens is 4. The Bertz CT molecular complexity index is 1290. The molecule has 5 rings (SSSR count). The number of H-pyrrole nitrogens is 1. The monoisotopic (exact) mass is 475 g/mol. The lowest BCUT2D eigenvalue weighted by atomic mass is 9.97. The van der Waals surface area contributed by atoms with Gasteiger partial charge >= 0.3 is 6.03 Å². The number of nitrogens with zero attached hydrogens (tertiary/aromatic N) is 4. The molecule has 0 bridgehead atoms. The summed E-state index contributed by atoms with van der Waals surface area (Å²) in [6.45, 7) is 1.09. The summed E-state index contributed by atoms with van der Waals surface area (Å²) in [4.78, 5) is 35.1. The van der Waals surface area contributed by atoms with Crippen LogP contribution in [0, 0.1) is 0 Å². The Balaban J connectivity index is 1.22. The first-order valence-corrected chi connectivity index (χ1v) is 12.1. The quantitative estimate of drug-likeness (QED) is 0.387. The highest BCUT2D eigenvalue weighted by atomic mass is 32.1. The topological polar surface area (TPSA) is 116 Å². The second kappa shape index (κ2) is 10.0. The molecule has 1 fully saturated rings. The average Bonchev–Trinajstić information content (AvgIpc) is 3.52. The lowest BCUT2D eigenvalue weighted by molar-refractivity contribution is 0.0950. The van der Waals surface area contributed by atoms with Crippen LogP contribution in [-0.2, 0) is 6.42 Å². The van der Waals surface area contributed by atoms with Gasteiger partial charge in [0.1, 0.15) is 0 Å². The minimum absolute atomic E-state index is 0.0446. The van der Waals surface area contributed by atoms with Gasteiger partial charge in [-0.1, -0.05) is 28.8 Å². The maximum Gasteiger partial charge on any atom is 0.323 e. The number of anilines is 1. The number of amides is 3. The first kappa shape index (κ1) is 22.0. The van der Waals surface area contributed by atoms with E-state index in [-0.39, 0.29) is 23.7 Å². The van der Waals surface area contributed by atoms with Crippen molar-refractivity contribution in [3.63, 3.8) is 0 Å². The molecule has 174 valence electrons. The smallest absolute Gasteiger partial charge is 0.323 e. The fourth-order valence-corrected chi connectivity index (χ4v) is 4.97. The molecule has 0 unspecified atom stereocenters. The molecule has 0 aliphatic carbocycles. The molecule has 1 saturated heterocycles. The summed E-state index contributed by atoms with van der Waals surface area (Å²) in [7, 11) is 0. The van der Waals surface area contributed by atoms with Gasteiger partial charge in [0.05, 0.1) is 6.04 Å². The van der Waals surface area contributed by atoms with Crippen LogP contribution in [0.4, 0.5) is 9.80 Å². The van der Waals surface area contributed by atoms with Gasteiger partial charge in [0.2, 0.25) is 0 Å². The number of hydrogen-bond donors (Lipinski definition) is 3. The van der Waals surface area contributed by atoms with E-state index in [0.717, 1.165) is 52.8 Å². The standard InChI is InChI=1S/C24H25N7O2S/c32-22(26-12-10-16-15-27-19-8-2-1-7-18(16)19)21-23(34-30-29-21)28-24(33)31-13-4-3-9-20(31)17-6-5-11-25-14-17/h1-2,5-8,11,14-15,20,27H,3-4,9-10,12-13H2,(H,26,32)(H,28,33)/t20-/m1/s1. The number of rotatable bonds is 6. The van der Waals surface area contributed by atoms with Gasteiger partial charge in [-0.15, -0.1) is 5.10 Å². The second-order valence-electron chi connectivity index (χ2n) is 8.24. The van der Waals surface area contributed by atoms with Crippen LogP contribution in [0.3, 0.4) is 0 Å². The van der Waals surface area contributed by atoms with Crippen molar-refractivity contribution in [3.05, 3.63) is 71.8 Å². The minimum atomic E-state index is -0.355. The van der Waals surface area contributed by atoms with Crippen LogP contribution >= 0.6 is 11.5 Å². The van der Waals surface area contributed by atoms with Crippen LogP contribution in [0.2, 0.25) is 0 Å². The molecule has 4 aromatic rings. The Morgan fingerprint density at radius 3 is 2.97 bits per heavy atom. The van der Waals surface area contributed by atoms with Gasteiger partial charge in [0.15, 0.2) is 10.7 Å². The molecule has 1 aromatic carbocycles. The van der Waals surface area contributed by atoms with Crippen LogP contribution in [0.15, 0.2) is 55.0 Å². The SMILES string of the molecule is O=C(NCCc1c[nH]c2ccccc12)c1nnsc1NC(=O)N1CCCC[C@@H]1c1cccnc1. The normalized spacial score (nSPS) is 15.9. The number of piperidine rings is 1. The van der Waals surface area contributed by atoms with E-state index in [1.807, 2.05) is 36.5 Å². The van der Waals surface area contributed by atoms with Crippen molar-refractivity contribution < 1.29 is 9.59 Å². The van der Waals surface area contributed by atoms with Gasteiger partial charge in [0.25, 0.3) is 5.91 Å². The molecule has 3 N–H and O–H groups in total. The van der Waals surface area contributed by atoms with Gasteiger partial charge in [-0.25, -0.2) is 4.79 Å². The molecule has 1 atom stereocenters. The summed E-state index contributed by atoms with van der Waals surface area (Å²) in [6, 6.07) is 11.6. The van der Waals surface area contributed by atoms with Crippen molar-refractivity contribution in [1.29, 1.82) is 0 Å². The molecule has 9 nitrogen and oxygen atoms in total. The van der Waals surface area contributed by atoms with E-state index in [9.17, 15) is 9.59 Å². The summed E-state index contributed by atoms with van der Waals surface area (Å²) in [5.74, 6) is -0.355. The van der Waals surface area contributed by atoms with Crippen LogP contribution in [0.5, 0.6) is 0 Å². The molecular formula is C24H25N7O2S. The van der Waals surface area contributed by atoms with Crippen LogP contribution in [0.1, 0.15) is 46.9 Å². The number of carbonyl (C=O) groups is 2. The summed E-state index contributed by atoms with van der Waals surface area (Å²) in [5.41, 5.74) is 3.34. The molecule has 3 aromatic heterocycles. The van der Waals surface area contributed by atoms with Crippen LogP contribution in [-0.4, -0.2) is 49.5 Å². The number of hydrogen-bond acceptors (Lipinski definition) is 6. The third-order valence-corrected chi connectivity index (χ3v) is 6.75. The number of benzene rings is 1. The van der Waals surface area contributed by atoms with Gasteiger partial charge in [-0.3, -0.25) is 15.1 Å². The van der Waals surface area contributed by atoms with Gasteiger partial charge in [0, 0.05) is 54.1 Å². The number of aromatic amines is 1. The molecule has 0 saturated carbocycles. The highest BCUT2D eigenvalue weighted by molar-refractivity contribution is 7.10. The zero-order valence-electron chi connectivity index (χ0n) is 18.5. The van der Waals surface area contributed by atoms with Crippen molar-refractivity contribution in [1.82, 2.24) is 29.8 Å². The first-order chi connectivity index (χ1) is 16.7. The Morgan fingerprint density at radius 1 is 1.18 bits per heavy atom. The Morgan fingerprint density at radius 2 is 2.09 bits per heavy atom. The lowest BCUT2D eigenvalue weighted by Crippen LogP contribution is -2.41. The van der Waals surface area contributed by atoms with Gasteiger partial charge in [-0.05, 0) is 48.9 Å². The highest BCUT2D eigenvalue weighted by Gasteiger charge is 2.29.